The number of para-hydroxylation sites is 2. The largest absolute Gasteiger partial charge is 0.325 e. The van der Waals surface area contributed by atoms with Gasteiger partial charge in [0.1, 0.15) is 0 Å². The Hall–Kier alpha value is -2.61. The van der Waals surface area contributed by atoms with Gasteiger partial charge in [-0.05, 0) is 44.3 Å². The highest BCUT2D eigenvalue weighted by Crippen LogP contribution is 2.31. The Morgan fingerprint density at radius 2 is 1.90 bits per heavy atom. The van der Waals surface area contributed by atoms with E-state index in [0.717, 1.165) is 0 Å². The summed E-state index contributed by atoms with van der Waals surface area (Å²) in [5.41, 5.74) is 1.77. The third kappa shape index (κ3) is 5.30. The molecule has 1 heterocycles. The third-order valence-corrected chi connectivity index (χ3v) is 5.39. The van der Waals surface area contributed by atoms with Crippen molar-refractivity contribution in [1.29, 1.82) is 0 Å². The van der Waals surface area contributed by atoms with Crippen molar-refractivity contribution in [3.63, 3.8) is 0 Å². The molecule has 7 nitrogen and oxygen atoms in total. The van der Waals surface area contributed by atoms with Crippen molar-refractivity contribution in [2.24, 2.45) is 0 Å². The van der Waals surface area contributed by atoms with Crippen LogP contribution < -0.4 is 15.5 Å². The lowest BCUT2D eigenvalue weighted by atomic mass is 10.1. The van der Waals surface area contributed by atoms with Crippen LogP contribution >= 0.6 is 23.2 Å². The van der Waals surface area contributed by atoms with E-state index in [1.54, 1.807) is 53.2 Å². The summed E-state index contributed by atoms with van der Waals surface area (Å²) in [6.45, 7) is 1.85. The highest BCUT2D eigenvalue weighted by atomic mass is 35.5. The number of halogens is 2. The van der Waals surface area contributed by atoms with Crippen LogP contribution in [-0.2, 0) is 14.4 Å². The van der Waals surface area contributed by atoms with Crippen LogP contribution in [0.5, 0.6) is 0 Å². The summed E-state index contributed by atoms with van der Waals surface area (Å²) in [5, 5.41) is 6.30. The summed E-state index contributed by atoms with van der Waals surface area (Å²) >= 11 is 11.8. The normalized spacial score (nSPS) is 16.0. The molecule has 0 aliphatic carbocycles. The Morgan fingerprint density at radius 3 is 2.63 bits per heavy atom. The van der Waals surface area contributed by atoms with E-state index in [2.05, 4.69) is 10.6 Å². The smallest absolute Gasteiger partial charge is 0.241 e. The number of likely N-dealkylation sites (N-methyl/N-ethyl adjacent to an activating group) is 1. The van der Waals surface area contributed by atoms with Crippen molar-refractivity contribution in [3.05, 3.63) is 52.5 Å². The molecule has 0 fully saturated rings. The van der Waals surface area contributed by atoms with Crippen LogP contribution in [0.15, 0.2) is 42.5 Å². The Morgan fingerprint density at radius 1 is 1.17 bits per heavy atom. The van der Waals surface area contributed by atoms with Crippen LogP contribution in [-0.4, -0.2) is 48.8 Å². The number of carbonyl (C=O) groups excluding carboxylic acids is 3. The van der Waals surface area contributed by atoms with Crippen LogP contribution in [0.1, 0.15) is 13.3 Å². The number of fused-ring (bicyclic) bond motifs is 1. The molecule has 1 aliphatic rings. The number of anilines is 3. The molecule has 3 amide bonds. The van der Waals surface area contributed by atoms with Gasteiger partial charge in [-0.2, -0.15) is 0 Å². The van der Waals surface area contributed by atoms with Gasteiger partial charge in [-0.3, -0.25) is 19.3 Å². The van der Waals surface area contributed by atoms with Gasteiger partial charge in [0.2, 0.25) is 17.7 Å². The minimum absolute atomic E-state index is 0.00698. The first-order valence-corrected chi connectivity index (χ1v) is 10.1. The molecular formula is C21H22Cl2N4O3. The maximum atomic E-state index is 13.0. The van der Waals surface area contributed by atoms with Gasteiger partial charge in [0.05, 0.1) is 34.5 Å². The van der Waals surface area contributed by atoms with Gasteiger partial charge in [0, 0.05) is 18.2 Å². The number of nitrogens with zero attached hydrogens (tertiary/aromatic N) is 2. The summed E-state index contributed by atoms with van der Waals surface area (Å²) < 4.78 is 0. The standard InChI is InChI=1S/C21H22Cl2N4O3/c1-13-9-19(28)25-17-5-3-4-6-18(17)27(13)21(30)12-26(2)11-20(29)24-14-7-8-15(22)16(23)10-14/h3-8,10,13H,9,11-12H2,1-2H3,(H,24,29)(H,25,28)/t13-/m1/s1. The SMILES string of the molecule is C[C@@H]1CC(=O)Nc2ccccc2N1C(=O)CN(C)CC(=O)Nc1ccc(Cl)c(Cl)c1. The molecule has 1 atom stereocenters. The molecule has 0 aromatic heterocycles. The summed E-state index contributed by atoms with van der Waals surface area (Å²) in [6.07, 6.45) is 0.196. The quantitative estimate of drug-likeness (QED) is 0.731. The van der Waals surface area contributed by atoms with Crippen molar-refractivity contribution < 1.29 is 14.4 Å². The van der Waals surface area contributed by atoms with Gasteiger partial charge in [-0.15, -0.1) is 0 Å². The molecule has 2 aromatic carbocycles. The number of hydrogen-bond acceptors (Lipinski definition) is 4. The second kappa shape index (κ2) is 9.47. The molecule has 2 N–H and O–H groups in total. The number of rotatable bonds is 5. The molecule has 1 aliphatic heterocycles. The Balaban J connectivity index is 1.65. The van der Waals surface area contributed by atoms with Crippen molar-refractivity contribution in [2.75, 3.05) is 35.7 Å². The topological polar surface area (TPSA) is 81.8 Å². The van der Waals surface area contributed by atoms with E-state index in [-0.39, 0.29) is 43.3 Å². The molecule has 0 spiro atoms. The highest BCUT2D eigenvalue weighted by molar-refractivity contribution is 6.42. The predicted molar refractivity (Wildman–Crippen MR) is 119 cm³/mol. The monoisotopic (exact) mass is 448 g/mol. The van der Waals surface area contributed by atoms with E-state index in [9.17, 15) is 14.4 Å². The Kier molecular flexibility index (Phi) is 6.97. The maximum Gasteiger partial charge on any atom is 0.241 e. The third-order valence-electron chi connectivity index (χ3n) is 4.65. The molecule has 9 heteroatoms. The summed E-state index contributed by atoms with van der Waals surface area (Å²) in [5.74, 6) is -0.624. The van der Waals surface area contributed by atoms with Crippen molar-refractivity contribution in [2.45, 2.75) is 19.4 Å². The maximum absolute atomic E-state index is 13.0. The molecule has 3 rings (SSSR count). The van der Waals surface area contributed by atoms with Crippen molar-refractivity contribution >= 4 is 58.0 Å². The number of carbonyl (C=O) groups is 3. The van der Waals surface area contributed by atoms with Crippen molar-refractivity contribution in [3.8, 4) is 0 Å². The van der Waals surface area contributed by atoms with E-state index < -0.39 is 0 Å². The minimum atomic E-state index is -0.306. The van der Waals surface area contributed by atoms with E-state index in [0.29, 0.717) is 27.1 Å². The number of amides is 3. The van der Waals surface area contributed by atoms with E-state index in [1.807, 2.05) is 13.0 Å². The first-order valence-electron chi connectivity index (χ1n) is 9.39. The van der Waals surface area contributed by atoms with Crippen molar-refractivity contribution in [1.82, 2.24) is 4.90 Å². The fourth-order valence-corrected chi connectivity index (χ4v) is 3.65. The number of nitrogens with one attached hydrogen (secondary N) is 2. The summed E-state index contributed by atoms with van der Waals surface area (Å²) in [6, 6.07) is 11.7. The molecule has 0 bridgehead atoms. The summed E-state index contributed by atoms with van der Waals surface area (Å²) in [4.78, 5) is 40.7. The predicted octanol–water partition coefficient (Wildman–Crippen LogP) is 3.63. The van der Waals surface area contributed by atoms with Crippen LogP contribution in [0.3, 0.4) is 0 Å². The average molecular weight is 449 g/mol. The molecule has 0 unspecified atom stereocenters. The zero-order valence-electron chi connectivity index (χ0n) is 16.6. The zero-order chi connectivity index (χ0) is 21.8. The van der Waals surface area contributed by atoms with Crippen LogP contribution in [0.4, 0.5) is 17.1 Å². The molecule has 0 saturated heterocycles. The number of hydrogen-bond donors (Lipinski definition) is 2. The van der Waals surface area contributed by atoms with E-state index in [1.165, 1.54) is 0 Å². The fraction of sp³-hybridized carbons (Fsp3) is 0.286. The second-order valence-corrected chi connectivity index (χ2v) is 8.05. The first-order chi connectivity index (χ1) is 14.2. The van der Waals surface area contributed by atoms with Gasteiger partial charge in [-0.1, -0.05) is 35.3 Å². The molecule has 158 valence electrons. The highest BCUT2D eigenvalue weighted by Gasteiger charge is 2.30. The van der Waals surface area contributed by atoms with Gasteiger partial charge in [-0.25, -0.2) is 0 Å². The molecule has 30 heavy (non-hydrogen) atoms. The summed E-state index contributed by atoms with van der Waals surface area (Å²) in [7, 11) is 1.68. The molecular weight excluding hydrogens is 427 g/mol. The van der Waals surface area contributed by atoms with Gasteiger partial charge in [0.25, 0.3) is 0 Å². The lowest BCUT2D eigenvalue weighted by Gasteiger charge is -2.29. The van der Waals surface area contributed by atoms with Gasteiger partial charge in [0.15, 0.2) is 0 Å². The molecule has 0 saturated carbocycles. The van der Waals surface area contributed by atoms with Gasteiger partial charge >= 0.3 is 0 Å². The van der Waals surface area contributed by atoms with E-state index in [4.69, 9.17) is 23.2 Å². The van der Waals surface area contributed by atoms with Gasteiger partial charge < -0.3 is 15.5 Å². The minimum Gasteiger partial charge on any atom is -0.325 e. The Bertz CT molecular complexity index is 982. The second-order valence-electron chi connectivity index (χ2n) is 7.23. The first kappa shape index (κ1) is 22.1. The lowest BCUT2D eigenvalue weighted by Crippen LogP contribution is -2.45. The zero-order valence-corrected chi connectivity index (χ0v) is 18.1. The van der Waals surface area contributed by atoms with Crippen LogP contribution in [0.2, 0.25) is 10.0 Å². The van der Waals surface area contributed by atoms with Crippen LogP contribution in [0, 0.1) is 0 Å². The number of benzene rings is 2. The molecule has 0 radical (unpaired) electrons. The van der Waals surface area contributed by atoms with Crippen LogP contribution in [0.25, 0.3) is 0 Å². The average Bonchev–Trinajstić information content (AvgIpc) is 2.78. The lowest BCUT2D eigenvalue weighted by molar-refractivity contribution is -0.121. The van der Waals surface area contributed by atoms with E-state index >= 15 is 0 Å². The fourth-order valence-electron chi connectivity index (χ4n) is 3.35. The Labute approximate surface area is 184 Å². The molecule has 2 aromatic rings.